The minimum absolute atomic E-state index is 0.150. The molecule has 2 aromatic rings. The molecule has 0 radical (unpaired) electrons. The lowest BCUT2D eigenvalue weighted by Gasteiger charge is -2.46. The average molecular weight is 284 g/mol. The van der Waals surface area contributed by atoms with Crippen LogP contribution in [0.2, 0.25) is 0 Å². The summed E-state index contributed by atoms with van der Waals surface area (Å²) in [6.45, 7) is 0. The summed E-state index contributed by atoms with van der Waals surface area (Å²) < 4.78 is 0. The fourth-order valence-corrected chi connectivity index (χ4v) is 3.79. The number of aromatic nitrogens is 1. The van der Waals surface area contributed by atoms with E-state index >= 15 is 0 Å². The molecule has 3 rings (SSSR count). The molecule has 21 heavy (non-hydrogen) atoms. The van der Waals surface area contributed by atoms with Crippen LogP contribution in [0.5, 0.6) is 0 Å². The van der Waals surface area contributed by atoms with Crippen LogP contribution < -0.4 is 0 Å². The number of benzene rings is 1. The van der Waals surface area contributed by atoms with Crippen molar-refractivity contribution >= 4 is 10.8 Å². The van der Waals surface area contributed by atoms with Crippen LogP contribution in [0.4, 0.5) is 0 Å². The lowest BCUT2D eigenvalue weighted by molar-refractivity contribution is -0.0328. The number of aliphatic hydroxyl groups is 1. The van der Waals surface area contributed by atoms with E-state index in [-0.39, 0.29) is 5.54 Å². The molecule has 0 aliphatic heterocycles. The Morgan fingerprint density at radius 3 is 2.62 bits per heavy atom. The van der Waals surface area contributed by atoms with Gasteiger partial charge in [0.25, 0.3) is 0 Å². The van der Waals surface area contributed by atoms with Crippen molar-refractivity contribution in [2.24, 2.45) is 0 Å². The first kappa shape index (κ1) is 14.5. The predicted octanol–water partition coefficient (Wildman–Crippen LogP) is 3.53. The maximum Gasteiger partial charge on any atom is 0.0979 e. The van der Waals surface area contributed by atoms with Crippen LogP contribution in [-0.2, 0) is 0 Å². The number of rotatable bonds is 3. The predicted molar refractivity (Wildman–Crippen MR) is 86.2 cm³/mol. The van der Waals surface area contributed by atoms with Crippen LogP contribution in [-0.4, -0.2) is 34.6 Å². The minimum atomic E-state index is -0.472. The maximum atomic E-state index is 11.2. The van der Waals surface area contributed by atoms with E-state index in [1.54, 1.807) is 6.20 Å². The molecule has 3 heteroatoms. The monoisotopic (exact) mass is 284 g/mol. The molecule has 1 fully saturated rings. The van der Waals surface area contributed by atoms with Crippen LogP contribution >= 0.6 is 0 Å². The first-order valence-corrected chi connectivity index (χ1v) is 7.83. The Morgan fingerprint density at radius 2 is 1.90 bits per heavy atom. The van der Waals surface area contributed by atoms with Crippen LogP contribution in [0.15, 0.2) is 36.7 Å². The highest BCUT2D eigenvalue weighted by Gasteiger charge is 2.42. The largest absolute Gasteiger partial charge is 0.386 e. The number of hydrogen-bond acceptors (Lipinski definition) is 3. The molecule has 112 valence electrons. The van der Waals surface area contributed by atoms with Gasteiger partial charge in [0.05, 0.1) is 11.6 Å². The molecule has 3 nitrogen and oxygen atoms in total. The molecular formula is C18H24N2O. The zero-order valence-electron chi connectivity index (χ0n) is 12.9. The molecule has 1 saturated carbocycles. The second-order valence-corrected chi connectivity index (χ2v) is 6.41. The van der Waals surface area contributed by atoms with Gasteiger partial charge < -0.3 is 10.0 Å². The van der Waals surface area contributed by atoms with Gasteiger partial charge in [0.1, 0.15) is 0 Å². The summed E-state index contributed by atoms with van der Waals surface area (Å²) >= 11 is 0. The van der Waals surface area contributed by atoms with Gasteiger partial charge in [-0.05, 0) is 44.0 Å². The lowest BCUT2D eigenvalue weighted by Crippen LogP contribution is -2.50. The number of fused-ring (bicyclic) bond motifs is 1. The third-order valence-corrected chi connectivity index (χ3v) is 5.13. The number of hydrogen-bond donors (Lipinski definition) is 1. The van der Waals surface area contributed by atoms with Crippen molar-refractivity contribution in [1.29, 1.82) is 0 Å². The van der Waals surface area contributed by atoms with E-state index in [4.69, 9.17) is 0 Å². The summed E-state index contributed by atoms with van der Waals surface area (Å²) in [5, 5.41) is 13.4. The Hall–Kier alpha value is -1.45. The molecule has 1 aliphatic rings. The van der Waals surface area contributed by atoms with Gasteiger partial charge in [-0.15, -0.1) is 0 Å². The number of aliphatic hydroxyl groups excluding tert-OH is 1. The van der Waals surface area contributed by atoms with Crippen LogP contribution in [0, 0.1) is 0 Å². The Labute approximate surface area is 126 Å². The van der Waals surface area contributed by atoms with Gasteiger partial charge in [0.2, 0.25) is 0 Å². The highest BCUT2D eigenvalue weighted by atomic mass is 16.3. The number of pyridine rings is 1. The zero-order valence-corrected chi connectivity index (χ0v) is 12.9. The van der Waals surface area contributed by atoms with Gasteiger partial charge in [-0.2, -0.15) is 0 Å². The summed E-state index contributed by atoms with van der Waals surface area (Å²) in [6, 6.07) is 8.17. The standard InChI is InChI=1S/C18H24N2O/c1-20(2)18(10-4-3-5-11-18)17(21)15-8-6-7-14-9-12-19-13-16(14)15/h6-9,12-13,17,21H,3-5,10-11H2,1-2H3. The van der Waals surface area contributed by atoms with Crippen molar-refractivity contribution in [3.63, 3.8) is 0 Å². The fourth-order valence-electron chi connectivity index (χ4n) is 3.79. The van der Waals surface area contributed by atoms with Crippen LogP contribution in [0.25, 0.3) is 10.8 Å². The van der Waals surface area contributed by atoms with Crippen molar-refractivity contribution in [2.75, 3.05) is 14.1 Å². The second kappa shape index (κ2) is 5.74. The summed E-state index contributed by atoms with van der Waals surface area (Å²) in [6.07, 6.45) is 8.98. The van der Waals surface area contributed by atoms with Gasteiger partial charge >= 0.3 is 0 Å². The smallest absolute Gasteiger partial charge is 0.0979 e. The Balaban J connectivity index is 2.08. The molecule has 0 saturated heterocycles. The van der Waals surface area contributed by atoms with E-state index in [1.807, 2.05) is 18.3 Å². The third kappa shape index (κ3) is 2.45. The lowest BCUT2D eigenvalue weighted by atomic mass is 9.74. The topological polar surface area (TPSA) is 36.4 Å². The van der Waals surface area contributed by atoms with Gasteiger partial charge in [0.15, 0.2) is 0 Å². The quantitative estimate of drug-likeness (QED) is 0.936. The molecule has 1 N–H and O–H groups in total. The first-order chi connectivity index (χ1) is 10.1. The van der Waals surface area contributed by atoms with E-state index < -0.39 is 6.10 Å². The molecular weight excluding hydrogens is 260 g/mol. The molecule has 1 aromatic heterocycles. The van der Waals surface area contributed by atoms with E-state index in [1.165, 1.54) is 19.3 Å². The van der Waals surface area contributed by atoms with Crippen molar-refractivity contribution in [3.8, 4) is 0 Å². The van der Waals surface area contributed by atoms with Gasteiger partial charge in [-0.1, -0.05) is 37.5 Å². The van der Waals surface area contributed by atoms with Gasteiger partial charge in [-0.25, -0.2) is 0 Å². The molecule has 0 amide bonds. The van der Waals surface area contributed by atoms with E-state index in [0.29, 0.717) is 0 Å². The SMILES string of the molecule is CN(C)C1(C(O)c2cccc3ccncc23)CCCCC1. The van der Waals surface area contributed by atoms with E-state index in [0.717, 1.165) is 29.2 Å². The molecule has 1 aliphatic carbocycles. The normalized spacial score (nSPS) is 19.8. The van der Waals surface area contributed by atoms with E-state index in [2.05, 4.69) is 36.1 Å². The highest BCUT2D eigenvalue weighted by Crippen LogP contribution is 2.43. The summed E-state index contributed by atoms with van der Waals surface area (Å²) in [5.41, 5.74) is 0.860. The van der Waals surface area contributed by atoms with Crippen LogP contribution in [0.1, 0.15) is 43.8 Å². The summed E-state index contributed by atoms with van der Waals surface area (Å²) in [7, 11) is 4.19. The first-order valence-electron chi connectivity index (χ1n) is 7.83. The third-order valence-electron chi connectivity index (χ3n) is 5.13. The Morgan fingerprint density at radius 1 is 1.14 bits per heavy atom. The van der Waals surface area contributed by atoms with E-state index in [9.17, 15) is 5.11 Å². The molecule has 1 atom stereocenters. The number of likely N-dealkylation sites (N-methyl/N-ethyl adjacent to an activating group) is 1. The van der Waals surface area contributed by atoms with Crippen molar-refractivity contribution < 1.29 is 5.11 Å². The molecule has 0 spiro atoms. The Kier molecular flexibility index (Phi) is 3.96. The number of nitrogens with zero attached hydrogens (tertiary/aromatic N) is 2. The Bertz CT molecular complexity index is 612. The minimum Gasteiger partial charge on any atom is -0.386 e. The highest BCUT2D eigenvalue weighted by molar-refractivity contribution is 5.85. The van der Waals surface area contributed by atoms with Crippen molar-refractivity contribution in [2.45, 2.75) is 43.7 Å². The molecule has 1 aromatic carbocycles. The summed E-state index contributed by atoms with van der Waals surface area (Å²) in [4.78, 5) is 6.47. The maximum absolute atomic E-state index is 11.2. The molecule has 0 bridgehead atoms. The van der Waals surface area contributed by atoms with Crippen molar-refractivity contribution in [3.05, 3.63) is 42.2 Å². The fraction of sp³-hybridized carbons (Fsp3) is 0.500. The molecule has 1 unspecified atom stereocenters. The second-order valence-electron chi connectivity index (χ2n) is 6.41. The average Bonchev–Trinajstić information content (AvgIpc) is 2.54. The summed E-state index contributed by atoms with van der Waals surface area (Å²) in [5.74, 6) is 0. The van der Waals surface area contributed by atoms with Gasteiger partial charge in [0, 0.05) is 17.8 Å². The molecule has 1 heterocycles. The van der Waals surface area contributed by atoms with Crippen LogP contribution in [0.3, 0.4) is 0 Å². The zero-order chi connectivity index (χ0) is 14.9. The van der Waals surface area contributed by atoms with Crippen molar-refractivity contribution in [1.82, 2.24) is 9.88 Å². The van der Waals surface area contributed by atoms with Gasteiger partial charge in [-0.3, -0.25) is 4.98 Å².